The van der Waals surface area contributed by atoms with Crippen LogP contribution in [0.25, 0.3) is 43.7 Å². The molecule has 5 aromatic rings. The Morgan fingerprint density at radius 1 is 0.946 bits per heavy atom. The number of fused-ring (bicyclic) bond motifs is 6. The fourth-order valence-electron chi connectivity index (χ4n) is 6.75. The molecule has 2 bridgehead atoms. The number of aliphatic hydroxyl groups excluding tert-OH is 1. The highest BCUT2D eigenvalue weighted by Crippen LogP contribution is 2.46. The van der Waals surface area contributed by atoms with Gasteiger partial charge in [0.2, 0.25) is 0 Å². The van der Waals surface area contributed by atoms with Gasteiger partial charge in [-0.3, -0.25) is 4.90 Å². The first-order valence-corrected chi connectivity index (χ1v) is 13.5. The number of hydrogen-bond acceptors (Lipinski definition) is 3. The molecule has 0 radical (unpaired) electrons. The quantitative estimate of drug-likeness (QED) is 0.200. The van der Waals surface area contributed by atoms with Gasteiger partial charge in [0.25, 0.3) is 0 Å². The van der Waals surface area contributed by atoms with Crippen LogP contribution < -0.4 is 0 Å². The van der Waals surface area contributed by atoms with E-state index in [2.05, 4.69) is 72.2 Å². The van der Waals surface area contributed by atoms with Crippen molar-refractivity contribution in [2.45, 2.75) is 25.0 Å². The number of aromatic nitrogens is 1. The fourth-order valence-corrected chi connectivity index (χ4v) is 7.11. The Kier molecular flexibility index (Phi) is 5.54. The largest absolute Gasteiger partial charge is 0.387 e. The third-order valence-corrected chi connectivity index (χ3v) is 9.07. The molecule has 3 aliphatic heterocycles. The summed E-state index contributed by atoms with van der Waals surface area (Å²) in [6.07, 6.45) is 3.53. The van der Waals surface area contributed by atoms with Gasteiger partial charge in [0.1, 0.15) is 0 Å². The van der Waals surface area contributed by atoms with Gasteiger partial charge >= 0.3 is 0 Å². The van der Waals surface area contributed by atoms with E-state index in [-0.39, 0.29) is 6.04 Å². The first kappa shape index (κ1) is 22.9. The maximum atomic E-state index is 12.0. The van der Waals surface area contributed by atoms with Crippen LogP contribution in [0.3, 0.4) is 0 Å². The molecule has 4 aromatic carbocycles. The van der Waals surface area contributed by atoms with Gasteiger partial charge in [0, 0.05) is 29.1 Å². The van der Waals surface area contributed by atoms with Crippen LogP contribution in [0.5, 0.6) is 0 Å². The van der Waals surface area contributed by atoms with Gasteiger partial charge in [-0.15, -0.1) is 6.58 Å². The summed E-state index contributed by atoms with van der Waals surface area (Å²) in [6.45, 7) is 6.03. The smallest absolute Gasteiger partial charge is 0.0966 e. The number of hydrogen-bond donors (Lipinski definition) is 1. The van der Waals surface area contributed by atoms with Crippen molar-refractivity contribution >= 4 is 44.0 Å². The van der Waals surface area contributed by atoms with Crippen molar-refractivity contribution in [2.75, 3.05) is 13.1 Å². The average molecular weight is 505 g/mol. The number of aliphatic hydroxyl groups is 1. The van der Waals surface area contributed by atoms with Crippen LogP contribution in [0, 0.1) is 11.8 Å². The molecule has 37 heavy (non-hydrogen) atoms. The average Bonchev–Trinajstić information content (AvgIpc) is 2.95. The predicted octanol–water partition coefficient (Wildman–Crippen LogP) is 7.79. The number of benzene rings is 4. The summed E-state index contributed by atoms with van der Waals surface area (Å²) in [4.78, 5) is 7.50. The van der Waals surface area contributed by atoms with Crippen molar-refractivity contribution in [3.8, 4) is 11.3 Å². The zero-order chi connectivity index (χ0) is 25.1. The second-order valence-corrected chi connectivity index (χ2v) is 11.0. The van der Waals surface area contributed by atoms with E-state index >= 15 is 0 Å². The highest BCUT2D eigenvalue weighted by Gasteiger charge is 2.43. The molecule has 4 heterocycles. The third kappa shape index (κ3) is 3.68. The minimum atomic E-state index is -0.691. The van der Waals surface area contributed by atoms with E-state index in [0.29, 0.717) is 16.9 Å². The summed E-state index contributed by atoms with van der Waals surface area (Å²) >= 11 is 7.26. The van der Waals surface area contributed by atoms with Crippen molar-refractivity contribution in [2.24, 2.45) is 11.8 Å². The van der Waals surface area contributed by atoms with E-state index < -0.39 is 6.10 Å². The molecule has 0 saturated carbocycles. The highest BCUT2D eigenvalue weighted by atomic mass is 35.5. The standard InChI is InChI=1S/C33H29ClN2O/c1-2-20-19-36-15-14-23(20)18-29(36)33(37)30-26-11-5-6-13-28(26)35-32(31(30)34)25-12-7-10-24-16-21-8-3-4-9-22(21)17-27(24)25/h2-13,16-17,20,23,29,33,37H,1,14-15,18-19H2/t20-,23+,29+,33+/m1/s1. The molecular formula is C33H29ClN2O. The van der Waals surface area contributed by atoms with E-state index in [9.17, 15) is 5.11 Å². The number of nitrogens with zero attached hydrogens (tertiary/aromatic N) is 2. The molecule has 0 spiro atoms. The molecule has 5 atom stereocenters. The van der Waals surface area contributed by atoms with Gasteiger partial charge in [0.05, 0.1) is 22.3 Å². The molecule has 1 unspecified atom stereocenters. The highest BCUT2D eigenvalue weighted by molar-refractivity contribution is 6.35. The normalized spacial score (nSPS) is 24.1. The molecule has 0 amide bonds. The molecule has 0 aliphatic carbocycles. The summed E-state index contributed by atoms with van der Waals surface area (Å²) in [5.41, 5.74) is 3.38. The summed E-state index contributed by atoms with van der Waals surface area (Å²) in [7, 11) is 0. The zero-order valence-electron chi connectivity index (χ0n) is 20.6. The lowest BCUT2D eigenvalue weighted by molar-refractivity contribution is -0.0444. The first-order valence-electron chi connectivity index (χ1n) is 13.2. The molecule has 1 N–H and O–H groups in total. The van der Waals surface area contributed by atoms with Gasteiger partial charge in [-0.2, -0.15) is 0 Å². The second kappa shape index (κ2) is 8.95. The van der Waals surface area contributed by atoms with Gasteiger partial charge in [-0.05, 0) is 71.0 Å². The van der Waals surface area contributed by atoms with Gasteiger partial charge in [-0.25, -0.2) is 4.98 Å². The van der Waals surface area contributed by atoms with Crippen molar-refractivity contribution < 1.29 is 5.11 Å². The Balaban J connectivity index is 1.42. The number of pyridine rings is 1. The zero-order valence-corrected chi connectivity index (χ0v) is 21.4. The molecule has 3 nitrogen and oxygen atoms in total. The fraction of sp³-hybridized carbons (Fsp3) is 0.242. The molecule has 8 rings (SSSR count). The minimum absolute atomic E-state index is 0.0440. The van der Waals surface area contributed by atoms with Crippen LogP contribution in [0.2, 0.25) is 5.02 Å². The van der Waals surface area contributed by atoms with Gasteiger partial charge < -0.3 is 5.11 Å². The van der Waals surface area contributed by atoms with Crippen LogP contribution in [0.15, 0.2) is 91.5 Å². The lowest BCUT2D eigenvalue weighted by Crippen LogP contribution is -2.54. The van der Waals surface area contributed by atoms with E-state index in [1.165, 1.54) is 17.2 Å². The number of piperidine rings is 3. The number of rotatable bonds is 4. The SMILES string of the molecule is C=C[C@@H]1CN2CC[C@H]1C[C@H]2[C@H](O)c1c(Cl)c(-c2cccc3cc4ccccc4cc23)nc2ccccc12. The Morgan fingerprint density at radius 3 is 2.49 bits per heavy atom. The topological polar surface area (TPSA) is 36.4 Å². The number of halogens is 1. The summed E-state index contributed by atoms with van der Waals surface area (Å²) in [5, 5.41) is 18.1. The molecule has 184 valence electrons. The lowest BCUT2D eigenvalue weighted by Gasteiger charge is -2.50. The van der Waals surface area contributed by atoms with E-state index in [4.69, 9.17) is 16.6 Å². The second-order valence-electron chi connectivity index (χ2n) is 10.6. The van der Waals surface area contributed by atoms with Crippen molar-refractivity contribution in [3.05, 3.63) is 102 Å². The van der Waals surface area contributed by atoms with Crippen LogP contribution in [0.1, 0.15) is 24.5 Å². The molecular weight excluding hydrogens is 476 g/mol. The van der Waals surface area contributed by atoms with Gasteiger partial charge in [0.15, 0.2) is 0 Å². The summed E-state index contributed by atoms with van der Waals surface area (Å²) in [6, 6.07) is 27.3. The third-order valence-electron chi connectivity index (χ3n) is 8.69. The van der Waals surface area contributed by atoms with Gasteiger partial charge in [-0.1, -0.05) is 78.3 Å². The van der Waals surface area contributed by atoms with Crippen molar-refractivity contribution in [3.63, 3.8) is 0 Å². The number of para-hydroxylation sites is 1. The first-order chi connectivity index (χ1) is 18.1. The maximum absolute atomic E-state index is 12.0. The van der Waals surface area contributed by atoms with Crippen LogP contribution in [-0.2, 0) is 0 Å². The summed E-state index contributed by atoms with van der Waals surface area (Å²) < 4.78 is 0. The van der Waals surface area contributed by atoms with Crippen molar-refractivity contribution in [1.29, 1.82) is 0 Å². The predicted molar refractivity (Wildman–Crippen MR) is 154 cm³/mol. The lowest BCUT2D eigenvalue weighted by atomic mass is 9.73. The summed E-state index contributed by atoms with van der Waals surface area (Å²) in [5.74, 6) is 1.07. The van der Waals surface area contributed by atoms with E-state index in [0.717, 1.165) is 58.0 Å². The monoisotopic (exact) mass is 504 g/mol. The van der Waals surface area contributed by atoms with Crippen LogP contribution >= 0.6 is 11.6 Å². The van der Waals surface area contributed by atoms with E-state index in [1.807, 2.05) is 24.3 Å². The molecule has 3 aliphatic rings. The maximum Gasteiger partial charge on any atom is 0.0966 e. The Hall–Kier alpha value is -3.24. The Labute approximate surface area is 222 Å². The Morgan fingerprint density at radius 2 is 1.70 bits per heavy atom. The molecule has 4 heteroatoms. The van der Waals surface area contributed by atoms with Crippen molar-refractivity contribution in [1.82, 2.24) is 9.88 Å². The minimum Gasteiger partial charge on any atom is -0.387 e. The molecule has 1 aromatic heterocycles. The van der Waals surface area contributed by atoms with Crippen LogP contribution in [0.4, 0.5) is 0 Å². The molecule has 3 fully saturated rings. The molecule has 3 saturated heterocycles. The van der Waals surface area contributed by atoms with E-state index in [1.54, 1.807) is 0 Å². The Bertz CT molecular complexity index is 1680. The van der Waals surface area contributed by atoms with Crippen LogP contribution in [-0.4, -0.2) is 34.1 Å².